The summed E-state index contributed by atoms with van der Waals surface area (Å²) in [6.45, 7) is 3.42. The third kappa shape index (κ3) is 5.95. The molecule has 0 aromatic heterocycles. The maximum absolute atomic E-state index is 12.5. The van der Waals surface area contributed by atoms with E-state index in [4.69, 9.17) is 11.5 Å². The molecule has 0 aliphatic carbocycles. The third-order valence-electron chi connectivity index (χ3n) is 3.12. The smallest absolute Gasteiger partial charge is 0.123 e. The fourth-order valence-corrected chi connectivity index (χ4v) is 1.82. The molecule has 3 heteroatoms. The molecule has 2 nitrogen and oxygen atoms in total. The summed E-state index contributed by atoms with van der Waals surface area (Å²) in [7, 11) is 0. The summed E-state index contributed by atoms with van der Waals surface area (Å²) in [5.41, 5.74) is 13.1. The molecule has 2 aromatic rings. The first-order valence-corrected chi connectivity index (χ1v) is 6.87. The van der Waals surface area contributed by atoms with Crippen LogP contribution in [-0.4, -0.2) is 6.54 Å². The second-order valence-electron chi connectivity index (χ2n) is 4.72. The highest BCUT2D eigenvalue weighted by Crippen LogP contribution is 2.17. The predicted molar refractivity (Wildman–Crippen MR) is 82.8 cm³/mol. The van der Waals surface area contributed by atoms with Gasteiger partial charge in [0.15, 0.2) is 0 Å². The van der Waals surface area contributed by atoms with Gasteiger partial charge in [-0.1, -0.05) is 49.4 Å². The average molecular weight is 274 g/mol. The molecule has 0 saturated heterocycles. The first-order chi connectivity index (χ1) is 9.67. The Morgan fingerprint density at radius 2 is 1.55 bits per heavy atom. The van der Waals surface area contributed by atoms with Gasteiger partial charge in [0.05, 0.1) is 0 Å². The van der Waals surface area contributed by atoms with Crippen LogP contribution in [0.2, 0.25) is 0 Å². The minimum atomic E-state index is -0.182. The first kappa shape index (κ1) is 16.3. The first-order valence-electron chi connectivity index (χ1n) is 6.87. The Kier molecular flexibility index (Phi) is 7.55. The highest BCUT2D eigenvalue weighted by molar-refractivity contribution is 5.19. The van der Waals surface area contributed by atoms with Gasteiger partial charge in [0.2, 0.25) is 0 Å². The fraction of sp³-hybridized carbons (Fsp3) is 0.294. The number of rotatable bonds is 4. The lowest BCUT2D eigenvalue weighted by molar-refractivity contribution is 0.623. The summed E-state index contributed by atoms with van der Waals surface area (Å²) < 4.78 is 12.5. The maximum atomic E-state index is 12.5. The summed E-state index contributed by atoms with van der Waals surface area (Å²) in [5, 5.41) is 0. The Balaban J connectivity index is 0.000000217. The molecule has 2 rings (SSSR count). The van der Waals surface area contributed by atoms with Crippen molar-refractivity contribution in [2.75, 3.05) is 6.54 Å². The van der Waals surface area contributed by atoms with E-state index in [0.717, 1.165) is 12.0 Å². The van der Waals surface area contributed by atoms with Crippen molar-refractivity contribution in [2.24, 2.45) is 11.5 Å². The van der Waals surface area contributed by atoms with Crippen LogP contribution in [0.15, 0.2) is 54.6 Å². The zero-order valence-corrected chi connectivity index (χ0v) is 11.9. The molecule has 0 spiro atoms. The molecule has 4 N–H and O–H groups in total. The van der Waals surface area contributed by atoms with Crippen LogP contribution in [0, 0.1) is 5.82 Å². The second kappa shape index (κ2) is 9.23. The molecule has 0 heterocycles. The molecule has 108 valence electrons. The number of halogens is 1. The van der Waals surface area contributed by atoms with Crippen molar-refractivity contribution >= 4 is 0 Å². The normalized spacial score (nSPS) is 11.4. The zero-order valence-electron chi connectivity index (χ0n) is 11.9. The Bertz CT molecular complexity index is 468. The zero-order chi connectivity index (χ0) is 14.8. The molecule has 0 bridgehead atoms. The maximum Gasteiger partial charge on any atom is 0.123 e. The van der Waals surface area contributed by atoms with Gasteiger partial charge in [0.25, 0.3) is 0 Å². The number of nitrogens with two attached hydrogens (primary N) is 2. The van der Waals surface area contributed by atoms with E-state index in [9.17, 15) is 4.39 Å². The minimum Gasteiger partial charge on any atom is -0.330 e. The van der Waals surface area contributed by atoms with E-state index in [1.165, 1.54) is 17.7 Å². The second-order valence-corrected chi connectivity index (χ2v) is 4.72. The van der Waals surface area contributed by atoms with Crippen LogP contribution in [0.4, 0.5) is 4.39 Å². The topological polar surface area (TPSA) is 52.0 Å². The molecular weight excluding hydrogens is 251 g/mol. The molecule has 0 aliphatic rings. The molecule has 1 atom stereocenters. The monoisotopic (exact) mass is 274 g/mol. The van der Waals surface area contributed by atoms with Crippen molar-refractivity contribution in [3.05, 3.63) is 71.5 Å². The van der Waals surface area contributed by atoms with Crippen LogP contribution < -0.4 is 11.5 Å². The van der Waals surface area contributed by atoms with E-state index in [0.29, 0.717) is 19.0 Å². The van der Waals surface area contributed by atoms with Crippen molar-refractivity contribution in [1.29, 1.82) is 0 Å². The number of benzene rings is 2. The highest BCUT2D eigenvalue weighted by atomic mass is 19.1. The Hall–Kier alpha value is -1.71. The van der Waals surface area contributed by atoms with E-state index < -0.39 is 0 Å². The molecule has 0 fully saturated rings. The molecular formula is C17H23FN2. The lowest BCUT2D eigenvalue weighted by atomic mass is 9.98. The van der Waals surface area contributed by atoms with Crippen LogP contribution in [0.25, 0.3) is 0 Å². The summed E-state index contributed by atoms with van der Waals surface area (Å²) in [6.07, 6.45) is 0.950. The molecule has 0 aliphatic heterocycles. The SMILES string of the molecule is CC(CCN)c1ccc(F)cc1.NCc1ccccc1. The van der Waals surface area contributed by atoms with Crippen molar-refractivity contribution in [3.63, 3.8) is 0 Å². The van der Waals surface area contributed by atoms with E-state index in [1.807, 2.05) is 42.5 Å². The van der Waals surface area contributed by atoms with Gasteiger partial charge in [0, 0.05) is 6.54 Å². The van der Waals surface area contributed by atoms with Gasteiger partial charge >= 0.3 is 0 Å². The predicted octanol–water partition coefficient (Wildman–Crippen LogP) is 3.42. The Labute approximate surface area is 120 Å². The summed E-state index contributed by atoms with van der Waals surface area (Å²) >= 11 is 0. The lowest BCUT2D eigenvalue weighted by Crippen LogP contribution is -2.04. The van der Waals surface area contributed by atoms with Gasteiger partial charge < -0.3 is 11.5 Å². The van der Waals surface area contributed by atoms with Crippen molar-refractivity contribution in [1.82, 2.24) is 0 Å². The number of hydrogen-bond donors (Lipinski definition) is 2. The van der Waals surface area contributed by atoms with Crippen molar-refractivity contribution in [3.8, 4) is 0 Å². The number of hydrogen-bond acceptors (Lipinski definition) is 2. The third-order valence-corrected chi connectivity index (χ3v) is 3.12. The average Bonchev–Trinajstić information content (AvgIpc) is 2.49. The van der Waals surface area contributed by atoms with Gasteiger partial charge in [-0.25, -0.2) is 4.39 Å². The van der Waals surface area contributed by atoms with Crippen LogP contribution in [-0.2, 0) is 6.54 Å². The van der Waals surface area contributed by atoms with Gasteiger partial charge in [-0.3, -0.25) is 0 Å². The van der Waals surface area contributed by atoms with Gasteiger partial charge in [0.1, 0.15) is 5.82 Å². The summed E-state index contributed by atoms with van der Waals surface area (Å²) in [4.78, 5) is 0. The molecule has 0 saturated carbocycles. The highest BCUT2D eigenvalue weighted by Gasteiger charge is 2.03. The molecule has 0 amide bonds. The summed E-state index contributed by atoms with van der Waals surface area (Å²) in [5.74, 6) is 0.245. The van der Waals surface area contributed by atoms with E-state index in [2.05, 4.69) is 6.92 Å². The van der Waals surface area contributed by atoms with E-state index in [1.54, 1.807) is 0 Å². The lowest BCUT2D eigenvalue weighted by Gasteiger charge is -2.09. The van der Waals surface area contributed by atoms with E-state index in [-0.39, 0.29) is 5.82 Å². The van der Waals surface area contributed by atoms with Crippen LogP contribution in [0.1, 0.15) is 30.4 Å². The van der Waals surface area contributed by atoms with Crippen LogP contribution in [0.5, 0.6) is 0 Å². The minimum absolute atomic E-state index is 0.182. The van der Waals surface area contributed by atoms with Crippen LogP contribution >= 0.6 is 0 Å². The van der Waals surface area contributed by atoms with Crippen molar-refractivity contribution in [2.45, 2.75) is 25.8 Å². The van der Waals surface area contributed by atoms with E-state index >= 15 is 0 Å². The van der Waals surface area contributed by atoms with Gasteiger partial charge in [-0.2, -0.15) is 0 Å². The molecule has 20 heavy (non-hydrogen) atoms. The molecule has 0 radical (unpaired) electrons. The molecule has 1 unspecified atom stereocenters. The fourth-order valence-electron chi connectivity index (χ4n) is 1.82. The molecule has 2 aromatic carbocycles. The Morgan fingerprint density at radius 3 is 2.00 bits per heavy atom. The quantitative estimate of drug-likeness (QED) is 0.897. The van der Waals surface area contributed by atoms with Gasteiger partial charge in [-0.05, 0) is 42.1 Å². The summed E-state index contributed by atoms with van der Waals surface area (Å²) in [6, 6.07) is 16.6. The standard InChI is InChI=1S/C10H14FN.C7H9N/c1-8(6-7-12)9-2-4-10(11)5-3-9;8-6-7-4-2-1-3-5-7/h2-5,8H,6-7,12H2,1H3;1-5H,6,8H2. The Morgan fingerprint density at radius 1 is 0.950 bits per heavy atom. The van der Waals surface area contributed by atoms with Crippen LogP contribution in [0.3, 0.4) is 0 Å². The largest absolute Gasteiger partial charge is 0.330 e. The van der Waals surface area contributed by atoms with Gasteiger partial charge in [-0.15, -0.1) is 0 Å². The van der Waals surface area contributed by atoms with Crippen molar-refractivity contribution < 1.29 is 4.39 Å².